The molecule has 41 heavy (non-hydrogen) atoms. The van der Waals surface area contributed by atoms with Crippen molar-refractivity contribution in [2.75, 3.05) is 13.6 Å². The molecule has 1 aromatic rings. The summed E-state index contributed by atoms with van der Waals surface area (Å²) < 4.78 is 111. The molecule has 1 aliphatic carbocycles. The average molecular weight is 629 g/mol. The van der Waals surface area contributed by atoms with Crippen LogP contribution in [0.5, 0.6) is 0 Å². The van der Waals surface area contributed by atoms with Gasteiger partial charge < -0.3 is 10.6 Å². The van der Waals surface area contributed by atoms with Gasteiger partial charge in [-0.1, -0.05) is 49.0 Å². The molecule has 5 nitrogen and oxygen atoms in total. The normalized spacial score (nSPS) is 16.5. The first-order valence-corrected chi connectivity index (χ1v) is 13.1. The van der Waals surface area contributed by atoms with E-state index in [-0.39, 0.29) is 40.2 Å². The topological polar surface area (TPSA) is 77.3 Å². The Labute approximate surface area is 240 Å². The minimum Gasteiger partial charge on any atom is -0.384 e. The molecule has 0 unspecified atom stereocenters. The van der Waals surface area contributed by atoms with E-state index in [1.54, 1.807) is 6.92 Å². The summed E-state index contributed by atoms with van der Waals surface area (Å²) >= 11 is 6.61. The fourth-order valence-corrected chi connectivity index (χ4v) is 4.60. The summed E-state index contributed by atoms with van der Waals surface area (Å²) in [6.07, 6.45) is -10.8. The van der Waals surface area contributed by atoms with Gasteiger partial charge in [0, 0.05) is 29.6 Å². The maximum absolute atomic E-state index is 14.3. The van der Waals surface area contributed by atoms with Crippen molar-refractivity contribution >= 4 is 34.3 Å². The average Bonchev–Trinajstić information content (AvgIpc) is 3.65. The molecule has 0 saturated heterocycles. The van der Waals surface area contributed by atoms with E-state index in [1.807, 2.05) is 6.07 Å². The van der Waals surface area contributed by atoms with Gasteiger partial charge in [-0.15, -0.1) is 0 Å². The fraction of sp³-hybridized carbons (Fsp3) is 0.423. The van der Waals surface area contributed by atoms with Crippen molar-refractivity contribution in [1.29, 1.82) is 5.26 Å². The second-order valence-corrected chi connectivity index (χ2v) is 10.3. The molecule has 0 spiro atoms. The first-order chi connectivity index (χ1) is 18.9. The molecule has 0 bridgehead atoms. The number of benzene rings is 1. The highest BCUT2D eigenvalue weighted by atomic mass is 35.5. The highest BCUT2D eigenvalue weighted by Gasteiger charge is 2.63. The molecule has 2 N–H and O–H groups in total. The molecule has 1 saturated carbocycles. The molecule has 1 aliphatic rings. The van der Waals surface area contributed by atoms with E-state index in [9.17, 15) is 45.2 Å². The van der Waals surface area contributed by atoms with Gasteiger partial charge in [-0.05, 0) is 38.3 Å². The predicted octanol–water partition coefficient (Wildman–Crippen LogP) is 7.71. The predicted molar refractivity (Wildman–Crippen MR) is 142 cm³/mol. The van der Waals surface area contributed by atoms with Crippen LogP contribution in [-0.4, -0.2) is 48.4 Å². The van der Waals surface area contributed by atoms with Crippen molar-refractivity contribution in [1.82, 2.24) is 10.6 Å². The number of alkyl halides is 8. The van der Waals surface area contributed by atoms with E-state index in [4.69, 9.17) is 11.6 Å². The Balaban J connectivity index is 2.60. The highest BCUT2D eigenvalue weighted by molar-refractivity contribution is 8.17. The molecule has 15 heteroatoms. The van der Waals surface area contributed by atoms with Crippen LogP contribution in [0, 0.1) is 11.3 Å². The lowest BCUT2D eigenvalue weighted by molar-refractivity contribution is -0.265. The van der Waals surface area contributed by atoms with E-state index in [1.165, 1.54) is 25.2 Å². The Morgan fingerprint density at radius 2 is 1.83 bits per heavy atom. The van der Waals surface area contributed by atoms with Crippen molar-refractivity contribution in [3.8, 4) is 6.07 Å². The number of allylic oxidation sites excluding steroid dienone is 3. The first-order valence-electron chi connectivity index (χ1n) is 11.9. The number of hydrogen-bond acceptors (Lipinski definition) is 5. The zero-order valence-electron chi connectivity index (χ0n) is 22.0. The van der Waals surface area contributed by atoms with Crippen molar-refractivity contribution in [3.63, 3.8) is 0 Å². The summed E-state index contributed by atoms with van der Waals surface area (Å²) in [7, 11) is 1.25. The Hall–Kier alpha value is -3.05. The number of hydrogen-bond donors (Lipinski definition) is 2. The molecular formula is C26H25ClF8N4OS. The number of nitrogens with one attached hydrogen (secondary N) is 2. The minimum absolute atomic E-state index is 0.00377. The first kappa shape index (κ1) is 34.2. The third-order valence-electron chi connectivity index (χ3n) is 5.81. The molecule has 2 rings (SSSR count). The van der Waals surface area contributed by atoms with Crippen molar-refractivity contribution in [2.45, 2.75) is 56.9 Å². The lowest BCUT2D eigenvalue weighted by Crippen LogP contribution is -2.42. The number of carbonyl (C=O) groups excluding carboxylic acids is 1. The van der Waals surface area contributed by atoms with Gasteiger partial charge in [-0.2, -0.15) is 40.4 Å². The van der Waals surface area contributed by atoms with E-state index >= 15 is 0 Å². The summed E-state index contributed by atoms with van der Waals surface area (Å²) in [4.78, 5) is 16.2. The molecule has 224 valence electrons. The monoisotopic (exact) mass is 628 g/mol. The Bertz CT molecular complexity index is 1320. The maximum Gasteiger partial charge on any atom is 0.458 e. The van der Waals surface area contributed by atoms with Crippen LogP contribution in [0.25, 0.3) is 0 Å². The highest BCUT2D eigenvalue weighted by Crippen LogP contribution is 2.49. The van der Waals surface area contributed by atoms with E-state index < -0.39 is 51.5 Å². The number of aliphatic imine (C=N–C) groups is 1. The molecule has 0 radical (unpaired) electrons. The number of amides is 1. The summed E-state index contributed by atoms with van der Waals surface area (Å²) in [6, 6.07) is 5.93. The lowest BCUT2D eigenvalue weighted by Gasteiger charge is -2.28. The third kappa shape index (κ3) is 7.82. The molecule has 0 aromatic heterocycles. The van der Waals surface area contributed by atoms with Crippen LogP contribution < -0.4 is 10.6 Å². The maximum atomic E-state index is 14.3. The third-order valence-corrected chi connectivity index (χ3v) is 7.21. The minimum atomic E-state index is -6.31. The SMILES string of the molecule is C=C(S/C(=N\C)c1ccc(Cl)c(C(=O)NC2(C#N)CC2)c1)/C(NCCC)=C(/C(=C\C)C(F)(F)C(F)(F)F)C(F)(F)F. The largest absolute Gasteiger partial charge is 0.458 e. The number of halogens is 9. The van der Waals surface area contributed by atoms with Crippen LogP contribution in [-0.2, 0) is 0 Å². The Morgan fingerprint density at radius 1 is 1.22 bits per heavy atom. The van der Waals surface area contributed by atoms with Gasteiger partial charge in [0.2, 0.25) is 0 Å². The molecular weight excluding hydrogens is 604 g/mol. The van der Waals surface area contributed by atoms with Gasteiger partial charge in [0.05, 0.1) is 27.9 Å². The summed E-state index contributed by atoms with van der Waals surface area (Å²) in [5.74, 6) is -6.52. The molecule has 0 atom stereocenters. The van der Waals surface area contributed by atoms with Gasteiger partial charge in [0.1, 0.15) is 10.6 Å². The summed E-state index contributed by atoms with van der Waals surface area (Å²) in [5.41, 5.74) is -6.54. The van der Waals surface area contributed by atoms with Crippen molar-refractivity contribution < 1.29 is 39.9 Å². The van der Waals surface area contributed by atoms with Crippen LogP contribution >= 0.6 is 23.4 Å². The van der Waals surface area contributed by atoms with Gasteiger partial charge in [-0.3, -0.25) is 9.79 Å². The van der Waals surface area contributed by atoms with Crippen LogP contribution in [0.3, 0.4) is 0 Å². The Kier molecular flexibility index (Phi) is 10.7. The number of thioether (sulfide) groups is 1. The molecule has 0 aliphatic heterocycles. The molecule has 1 fully saturated rings. The smallest absolute Gasteiger partial charge is 0.384 e. The Morgan fingerprint density at radius 3 is 2.27 bits per heavy atom. The number of nitriles is 1. The molecule has 1 amide bonds. The van der Waals surface area contributed by atoms with E-state index in [0.717, 1.165) is 0 Å². The number of carbonyl (C=O) groups is 1. The van der Waals surface area contributed by atoms with Gasteiger partial charge in [0.25, 0.3) is 5.91 Å². The standard InChI is InChI=1S/C26H25ClF8N4OS/c1-5-11-38-20(19(25(30,31)32)17(6-2)24(28,29)26(33,34)35)14(3)41-22(37-4)15-7-8-18(27)16(12-15)21(40)39-23(13-36)9-10-23/h6-8,12,38H,3,5,9-11H2,1-2,4H3,(H,39,40)/b17-6+,20-19+,37-22-. The number of nitrogens with zero attached hydrogens (tertiary/aromatic N) is 2. The fourth-order valence-electron chi connectivity index (χ4n) is 3.55. The van der Waals surface area contributed by atoms with Gasteiger partial charge in [0.15, 0.2) is 0 Å². The van der Waals surface area contributed by atoms with Crippen LogP contribution in [0.2, 0.25) is 5.02 Å². The van der Waals surface area contributed by atoms with Crippen LogP contribution in [0.15, 0.2) is 57.6 Å². The van der Waals surface area contributed by atoms with Crippen LogP contribution in [0.1, 0.15) is 49.0 Å². The molecule has 0 heterocycles. The quantitative estimate of drug-likeness (QED) is 0.120. The van der Waals surface area contributed by atoms with E-state index in [0.29, 0.717) is 31.5 Å². The van der Waals surface area contributed by atoms with Gasteiger partial charge >= 0.3 is 18.3 Å². The zero-order valence-corrected chi connectivity index (χ0v) is 23.5. The summed E-state index contributed by atoms with van der Waals surface area (Å²) in [6.45, 7) is 5.50. The lowest BCUT2D eigenvalue weighted by atomic mass is 9.95. The van der Waals surface area contributed by atoms with Crippen LogP contribution in [0.4, 0.5) is 35.1 Å². The molecule has 1 aromatic carbocycles. The van der Waals surface area contributed by atoms with Gasteiger partial charge in [-0.25, -0.2) is 0 Å². The van der Waals surface area contributed by atoms with E-state index in [2.05, 4.69) is 22.2 Å². The summed E-state index contributed by atoms with van der Waals surface area (Å²) in [5, 5.41) is 14.0. The van der Waals surface area contributed by atoms with Crippen molar-refractivity contribution in [2.24, 2.45) is 4.99 Å². The van der Waals surface area contributed by atoms with Crippen molar-refractivity contribution in [3.05, 3.63) is 68.8 Å². The second-order valence-electron chi connectivity index (χ2n) is 8.85. The zero-order chi connectivity index (χ0) is 31.4. The second kappa shape index (κ2) is 12.9. The number of rotatable bonds is 10.